The van der Waals surface area contributed by atoms with Crippen molar-refractivity contribution < 1.29 is 19.5 Å². The molecule has 0 fully saturated rings. The van der Waals surface area contributed by atoms with Gasteiger partial charge in [0.2, 0.25) is 0 Å². The minimum atomic E-state index is -0.543. The number of nitrogens with one attached hydrogen (secondary N) is 1. The largest absolute Gasteiger partial charge is 0.467 e. The molecule has 2 rings (SSSR count). The SMILES string of the molecule is CC.CO.COC(=O)C(CC(C)C)Nc1sc(CC/C(=N\OC(C)C)c2ccccc2)c(N)c1C#N. The van der Waals surface area contributed by atoms with Crippen LogP contribution < -0.4 is 11.1 Å². The quantitative estimate of drug-likeness (QED) is 0.200. The molecule has 36 heavy (non-hydrogen) atoms. The summed E-state index contributed by atoms with van der Waals surface area (Å²) < 4.78 is 4.93. The molecule has 0 amide bonds. The summed E-state index contributed by atoms with van der Waals surface area (Å²) in [6.45, 7) is 11.9. The van der Waals surface area contributed by atoms with Crippen LogP contribution in [-0.2, 0) is 20.8 Å². The summed E-state index contributed by atoms with van der Waals surface area (Å²) in [5.74, 6) is -0.0834. The molecule has 0 aliphatic carbocycles. The Balaban J connectivity index is 0.00000291. The fourth-order valence-corrected chi connectivity index (χ4v) is 4.27. The van der Waals surface area contributed by atoms with Gasteiger partial charge in [-0.05, 0) is 44.6 Å². The average molecular weight is 519 g/mol. The Hall–Kier alpha value is -3.09. The monoisotopic (exact) mass is 518 g/mol. The second kappa shape index (κ2) is 18.2. The van der Waals surface area contributed by atoms with Crippen LogP contribution >= 0.6 is 11.3 Å². The van der Waals surface area contributed by atoms with E-state index in [1.165, 1.54) is 18.4 Å². The molecule has 0 saturated carbocycles. The zero-order chi connectivity index (χ0) is 27.7. The number of nitrogens with two attached hydrogens (primary N) is 1. The van der Waals surface area contributed by atoms with E-state index in [4.69, 9.17) is 20.4 Å². The van der Waals surface area contributed by atoms with Gasteiger partial charge < -0.3 is 25.7 Å². The molecule has 0 aliphatic heterocycles. The second-order valence-corrected chi connectivity index (χ2v) is 9.27. The number of hydrogen-bond donors (Lipinski definition) is 3. The van der Waals surface area contributed by atoms with E-state index in [-0.39, 0.29) is 18.0 Å². The number of aliphatic hydroxyl groups excluding tert-OH is 1. The molecular weight excluding hydrogens is 476 g/mol. The Morgan fingerprint density at radius 3 is 2.31 bits per heavy atom. The molecule has 0 saturated heterocycles. The third kappa shape index (κ3) is 10.7. The molecule has 4 N–H and O–H groups in total. The summed E-state index contributed by atoms with van der Waals surface area (Å²) in [4.78, 5) is 18.6. The smallest absolute Gasteiger partial charge is 0.328 e. The maximum atomic E-state index is 12.2. The molecule has 1 aromatic heterocycles. The lowest BCUT2D eigenvalue weighted by Crippen LogP contribution is -2.32. The Morgan fingerprint density at radius 1 is 1.19 bits per heavy atom. The molecule has 1 aromatic carbocycles. The number of esters is 1. The Labute approximate surface area is 220 Å². The maximum Gasteiger partial charge on any atom is 0.328 e. The number of thiophene rings is 1. The summed E-state index contributed by atoms with van der Waals surface area (Å²) in [6, 6.07) is 11.5. The molecule has 200 valence electrons. The highest BCUT2D eigenvalue weighted by Crippen LogP contribution is 2.37. The van der Waals surface area contributed by atoms with Gasteiger partial charge in [0.1, 0.15) is 28.8 Å². The highest BCUT2D eigenvalue weighted by molar-refractivity contribution is 7.17. The molecule has 0 bridgehead atoms. The number of nitrogen functional groups attached to an aromatic ring is 1. The molecule has 9 heteroatoms. The van der Waals surface area contributed by atoms with E-state index in [2.05, 4.69) is 16.5 Å². The summed E-state index contributed by atoms with van der Waals surface area (Å²) in [5.41, 5.74) is 8.89. The van der Waals surface area contributed by atoms with Gasteiger partial charge in [-0.3, -0.25) is 0 Å². The molecule has 1 unspecified atom stereocenters. The number of aryl methyl sites for hydroxylation is 1. The van der Waals surface area contributed by atoms with Crippen LogP contribution in [0, 0.1) is 17.2 Å². The molecule has 1 heterocycles. The van der Waals surface area contributed by atoms with Crippen LogP contribution in [-0.4, -0.2) is 43.2 Å². The van der Waals surface area contributed by atoms with E-state index in [0.29, 0.717) is 35.5 Å². The highest BCUT2D eigenvalue weighted by Gasteiger charge is 2.24. The van der Waals surface area contributed by atoms with E-state index in [0.717, 1.165) is 23.3 Å². The molecule has 0 aliphatic rings. The van der Waals surface area contributed by atoms with Gasteiger partial charge in [0.15, 0.2) is 0 Å². The Bertz CT molecular complexity index is 966. The van der Waals surface area contributed by atoms with Crippen LogP contribution in [0.1, 0.15) is 70.4 Å². The predicted octanol–water partition coefficient (Wildman–Crippen LogP) is 5.60. The first-order valence-corrected chi connectivity index (χ1v) is 13.0. The number of oxime groups is 1. The molecule has 2 aromatic rings. The Morgan fingerprint density at radius 2 is 1.81 bits per heavy atom. The van der Waals surface area contributed by atoms with Crippen LogP contribution in [0.2, 0.25) is 0 Å². The zero-order valence-electron chi connectivity index (χ0n) is 22.8. The summed E-state index contributed by atoms with van der Waals surface area (Å²) >= 11 is 1.39. The van der Waals surface area contributed by atoms with Crippen LogP contribution in [0.3, 0.4) is 0 Å². The molecule has 1 atom stereocenters. The number of methoxy groups -OCH3 is 1. The number of carbonyl (C=O) groups is 1. The third-order valence-corrected chi connectivity index (χ3v) is 5.90. The Kier molecular flexibility index (Phi) is 16.7. The minimum absolute atomic E-state index is 0.0299. The van der Waals surface area contributed by atoms with Gasteiger partial charge in [0.25, 0.3) is 0 Å². The first-order valence-electron chi connectivity index (χ1n) is 12.1. The van der Waals surface area contributed by atoms with Crippen molar-refractivity contribution in [3.05, 3.63) is 46.3 Å². The minimum Gasteiger partial charge on any atom is -0.467 e. The maximum absolute atomic E-state index is 12.2. The fourth-order valence-electron chi connectivity index (χ4n) is 3.15. The lowest BCUT2D eigenvalue weighted by atomic mass is 10.0. The highest BCUT2D eigenvalue weighted by atomic mass is 32.1. The third-order valence-electron chi connectivity index (χ3n) is 4.70. The zero-order valence-corrected chi connectivity index (χ0v) is 23.6. The molecule has 0 radical (unpaired) electrons. The van der Waals surface area contributed by atoms with E-state index >= 15 is 0 Å². The van der Waals surface area contributed by atoms with Gasteiger partial charge in [0, 0.05) is 12.0 Å². The number of nitrogens with zero attached hydrogens (tertiary/aromatic N) is 2. The van der Waals surface area contributed by atoms with Crippen molar-refractivity contribution in [3.63, 3.8) is 0 Å². The predicted molar refractivity (Wildman–Crippen MR) is 149 cm³/mol. The standard InChI is InChI=1S/C24H32N4O3S.C2H6.CH4O/c1-15(2)13-20(24(29)30-5)27-23-18(14-25)22(26)21(32-23)12-11-19(28-31-16(3)4)17-9-7-6-8-10-17;2*1-2/h6-10,15-16,20,27H,11-13,26H2,1-5H3;1-2H3;2H,1H3/b28-19+;;. The van der Waals surface area contributed by atoms with Gasteiger partial charge in [-0.1, -0.05) is 63.2 Å². The summed E-state index contributed by atoms with van der Waals surface area (Å²) in [7, 11) is 2.36. The van der Waals surface area contributed by atoms with Gasteiger partial charge in [0.05, 0.1) is 18.5 Å². The number of hydrogen-bond acceptors (Lipinski definition) is 9. The van der Waals surface area contributed by atoms with Crippen molar-refractivity contribution >= 4 is 33.7 Å². The summed E-state index contributed by atoms with van der Waals surface area (Å²) in [5, 5.41) is 24.8. The lowest BCUT2D eigenvalue weighted by Gasteiger charge is -2.18. The van der Waals surface area contributed by atoms with Crippen LogP contribution in [0.4, 0.5) is 10.7 Å². The van der Waals surface area contributed by atoms with Crippen molar-refractivity contribution in [2.24, 2.45) is 11.1 Å². The first-order chi connectivity index (χ1) is 17.3. The van der Waals surface area contributed by atoms with E-state index in [1.54, 1.807) is 0 Å². The van der Waals surface area contributed by atoms with E-state index in [9.17, 15) is 10.1 Å². The van der Waals surface area contributed by atoms with Crippen molar-refractivity contribution in [3.8, 4) is 6.07 Å². The van der Waals surface area contributed by atoms with Gasteiger partial charge in [-0.2, -0.15) is 5.26 Å². The normalized spacial score (nSPS) is 11.4. The topological polar surface area (TPSA) is 130 Å². The number of rotatable bonds is 11. The van der Waals surface area contributed by atoms with Crippen molar-refractivity contribution in [2.75, 3.05) is 25.3 Å². The average Bonchev–Trinajstić information content (AvgIpc) is 3.19. The van der Waals surface area contributed by atoms with Gasteiger partial charge in [-0.15, -0.1) is 11.3 Å². The van der Waals surface area contributed by atoms with Crippen molar-refractivity contribution in [1.29, 1.82) is 5.26 Å². The van der Waals surface area contributed by atoms with E-state index in [1.807, 2.05) is 71.9 Å². The van der Waals surface area contributed by atoms with Gasteiger partial charge in [-0.25, -0.2) is 4.79 Å². The molecule has 8 nitrogen and oxygen atoms in total. The van der Waals surface area contributed by atoms with Gasteiger partial charge >= 0.3 is 5.97 Å². The van der Waals surface area contributed by atoms with Crippen LogP contribution in [0.25, 0.3) is 0 Å². The first kappa shape index (κ1) is 32.9. The van der Waals surface area contributed by atoms with Crippen molar-refractivity contribution in [2.45, 2.75) is 73.0 Å². The van der Waals surface area contributed by atoms with Crippen LogP contribution in [0.15, 0.2) is 35.5 Å². The number of benzene rings is 1. The molecular formula is C27H42N4O4S. The van der Waals surface area contributed by atoms with E-state index < -0.39 is 6.04 Å². The summed E-state index contributed by atoms with van der Waals surface area (Å²) in [6.07, 6.45) is 1.74. The fraction of sp³-hybridized carbons (Fsp3) is 0.519. The number of carbonyl (C=O) groups excluding carboxylic acids is 1. The molecule has 0 spiro atoms. The second-order valence-electron chi connectivity index (χ2n) is 8.16. The van der Waals surface area contributed by atoms with Crippen LogP contribution in [0.5, 0.6) is 0 Å². The number of anilines is 2. The lowest BCUT2D eigenvalue weighted by molar-refractivity contribution is -0.141. The number of ether oxygens (including phenoxy) is 1. The number of aliphatic hydroxyl groups is 1. The van der Waals surface area contributed by atoms with Crippen molar-refractivity contribution in [1.82, 2.24) is 0 Å². The number of nitriles is 1.